The summed E-state index contributed by atoms with van der Waals surface area (Å²) < 4.78 is 0. The second-order valence-corrected chi connectivity index (χ2v) is 10.3. The summed E-state index contributed by atoms with van der Waals surface area (Å²) in [6.07, 6.45) is 8.16. The van der Waals surface area contributed by atoms with Gasteiger partial charge in [0.2, 0.25) is 0 Å². The van der Waals surface area contributed by atoms with Crippen molar-refractivity contribution < 1.29 is 0 Å². The summed E-state index contributed by atoms with van der Waals surface area (Å²) in [5.41, 5.74) is 0. The van der Waals surface area contributed by atoms with Crippen LogP contribution in [0.1, 0.15) is 0 Å². The highest BCUT2D eigenvalue weighted by Gasteiger charge is 2.43. The van der Waals surface area contributed by atoms with Crippen LogP contribution >= 0.6 is 0 Å². The van der Waals surface area contributed by atoms with E-state index in [4.69, 9.17) is 0 Å². The van der Waals surface area contributed by atoms with Crippen LogP contribution in [0.4, 0.5) is 0 Å². The van der Waals surface area contributed by atoms with Crippen LogP contribution in [0.5, 0.6) is 0 Å². The van der Waals surface area contributed by atoms with Gasteiger partial charge in [0.15, 0.2) is 0 Å². The Balaban J connectivity index is 5.69. The van der Waals surface area contributed by atoms with E-state index in [1.807, 2.05) is 0 Å². The molecule has 0 unspecified atom stereocenters. The molecule has 0 fully saturated rings. The maximum absolute atomic E-state index is 2.51. The average molecular weight is 286 g/mol. The zero-order chi connectivity index (χ0) is 19.2. The largest absolute Gasteiger partial charge is 0.0594 e. The van der Waals surface area contributed by atoms with E-state index in [2.05, 4.69) is 92.8 Å². The van der Waals surface area contributed by atoms with Crippen molar-refractivity contribution in [3.63, 3.8) is 0 Å². The summed E-state index contributed by atoms with van der Waals surface area (Å²) in [4.78, 5) is 0. The zero-order valence-electron chi connectivity index (χ0n) is 19.2. The van der Waals surface area contributed by atoms with E-state index in [9.17, 15) is 0 Å². The highest BCUT2D eigenvalue weighted by atomic mass is 13.2. The fourth-order valence-electron chi connectivity index (χ4n) is 5.78. The van der Waals surface area contributed by atoms with Crippen molar-refractivity contribution in [3.05, 3.63) is 0 Å². The van der Waals surface area contributed by atoms with Gasteiger partial charge in [0, 0.05) is 78.0 Å². The molecule has 0 atom stereocenters. The first kappa shape index (κ1) is 25.6. The van der Waals surface area contributed by atoms with Gasteiger partial charge in [-0.3, -0.25) is 0 Å². The fraction of sp³-hybridized carbons (Fsp3) is 0. The van der Waals surface area contributed by atoms with Gasteiger partial charge in [-0.25, -0.2) is 0 Å². The molecule has 0 heterocycles. The van der Waals surface area contributed by atoms with Crippen molar-refractivity contribution in [1.82, 2.24) is 0 Å². The van der Waals surface area contributed by atoms with Gasteiger partial charge in [-0.1, -0.05) is 0 Å². The standard InChI is InChI=1S/B24H26/c1-13-20(12)22(24(18(8)9)19(10)11)14-21(15(2)3)23(16(4)5)17(6)7/h13-14H,1-12H2. The second-order valence-electron chi connectivity index (χ2n) is 10.3. The van der Waals surface area contributed by atoms with Gasteiger partial charge in [0.1, 0.15) is 0 Å². The summed E-state index contributed by atoms with van der Waals surface area (Å²) in [5, 5.41) is 0. The molecule has 0 aliphatic heterocycles. The molecule has 0 spiro atoms. The van der Waals surface area contributed by atoms with E-state index in [1.165, 1.54) is 14.1 Å². The minimum absolute atomic E-state index is 0.784. The van der Waals surface area contributed by atoms with Gasteiger partial charge in [0.05, 0.1) is 92.8 Å². The predicted octanol–water partition coefficient (Wildman–Crippen LogP) is -16.1. The molecule has 0 aromatic heterocycles. The van der Waals surface area contributed by atoms with Crippen molar-refractivity contribution in [2.24, 2.45) is 0 Å². The normalized spacial score (nSPS) is 9.17. The highest BCUT2D eigenvalue weighted by molar-refractivity contribution is 8.16. The van der Waals surface area contributed by atoms with Crippen molar-refractivity contribution in [2.75, 3.05) is 0 Å². The van der Waals surface area contributed by atoms with Crippen molar-refractivity contribution >= 4 is 171 Å². The molecule has 0 aromatic rings. The van der Waals surface area contributed by atoms with Gasteiger partial charge in [0.25, 0.3) is 0 Å². The minimum Gasteiger partial charge on any atom is 0.00357 e. The lowest BCUT2D eigenvalue weighted by molar-refractivity contribution is 3.36. The Morgan fingerprint density at radius 2 is 0.792 bits per heavy atom. The summed E-state index contributed by atoms with van der Waals surface area (Å²) in [7, 11) is 32.2. The summed E-state index contributed by atoms with van der Waals surface area (Å²) in [5.74, 6) is 0. The third-order valence-corrected chi connectivity index (χ3v) is 6.84. The van der Waals surface area contributed by atoms with E-state index < -0.39 is 0 Å². The van der Waals surface area contributed by atoms with Crippen LogP contribution < -0.4 is 0 Å². The molecule has 0 rings (SSSR count). The van der Waals surface area contributed by atoms with E-state index in [1.54, 1.807) is 0 Å². The molecular weight excluding hydrogens is 259 g/mol. The Hall–Kier alpha value is 1.56. The van der Waals surface area contributed by atoms with Crippen molar-refractivity contribution in [3.8, 4) is 0 Å². The SMILES string of the molecule is BBB(B)B(BB(B(B)B)B(B(B)B)B(B)B)B(B(B)B)B(B)B. The Morgan fingerprint density at radius 3 is 1.04 bits per heavy atom. The first-order valence-corrected chi connectivity index (χ1v) is 10.9. The molecule has 0 aromatic carbocycles. The maximum Gasteiger partial charge on any atom is 0.0594 e. The van der Waals surface area contributed by atoms with E-state index in [0.717, 1.165) is 63.9 Å². The molecule has 0 radical (unpaired) electrons. The van der Waals surface area contributed by atoms with Crippen LogP contribution in [-0.4, -0.2) is 171 Å². The van der Waals surface area contributed by atoms with Crippen LogP contribution in [0.25, 0.3) is 0 Å². The lowest BCUT2D eigenvalue weighted by atomic mass is 8.42. The van der Waals surface area contributed by atoms with Gasteiger partial charge < -0.3 is 0 Å². The molecule has 0 saturated carbocycles. The van der Waals surface area contributed by atoms with Crippen LogP contribution in [0, 0.1) is 0 Å². The summed E-state index contributed by atoms with van der Waals surface area (Å²) >= 11 is 0. The Morgan fingerprint density at radius 1 is 0.458 bits per heavy atom. The first-order valence-electron chi connectivity index (χ1n) is 10.9. The Labute approximate surface area is 170 Å². The second kappa shape index (κ2) is 12.1. The lowest BCUT2D eigenvalue weighted by Gasteiger charge is -2.38. The van der Waals surface area contributed by atoms with E-state index >= 15 is 0 Å². The van der Waals surface area contributed by atoms with Crippen molar-refractivity contribution in [2.45, 2.75) is 0 Å². The van der Waals surface area contributed by atoms with Crippen LogP contribution in [0.15, 0.2) is 0 Å². The van der Waals surface area contributed by atoms with E-state index in [-0.39, 0.29) is 0 Å². The van der Waals surface area contributed by atoms with Gasteiger partial charge >= 0.3 is 0 Å². The third-order valence-electron chi connectivity index (χ3n) is 6.84. The predicted molar refractivity (Wildman–Crippen MR) is 174 cm³/mol. The molecule has 0 bridgehead atoms. The first-order chi connectivity index (χ1) is 10.9. The molecule has 0 aliphatic rings. The summed E-state index contributed by atoms with van der Waals surface area (Å²) in [6.45, 7) is 0. The highest BCUT2D eigenvalue weighted by Crippen LogP contribution is 2.03. The molecule has 98 valence electrons. The molecule has 0 saturated heterocycles. The smallest absolute Gasteiger partial charge is 0.00357 e. The molecule has 24 heavy (non-hydrogen) atoms. The number of hydrogen-bond donors (Lipinski definition) is 0. The molecule has 24 heteroatoms. The average Bonchev–Trinajstić information content (AvgIpc) is 2.42. The van der Waals surface area contributed by atoms with Crippen LogP contribution in [0.2, 0.25) is 0 Å². The Kier molecular flexibility index (Phi) is 12.9. The molecule has 0 N–H and O–H groups in total. The van der Waals surface area contributed by atoms with E-state index in [0.29, 0.717) is 0 Å². The zero-order valence-corrected chi connectivity index (χ0v) is 19.2. The minimum atomic E-state index is 0.784. The van der Waals surface area contributed by atoms with Crippen LogP contribution in [-0.2, 0) is 0 Å². The lowest BCUT2D eigenvalue weighted by Crippen LogP contribution is -2.77. The van der Waals surface area contributed by atoms with Crippen LogP contribution in [0.3, 0.4) is 0 Å². The molecule has 0 nitrogen and oxygen atoms in total. The quantitative estimate of drug-likeness (QED) is 0.331. The monoisotopic (exact) mass is 290 g/mol. The van der Waals surface area contributed by atoms with Gasteiger partial charge in [-0.15, -0.1) is 0 Å². The van der Waals surface area contributed by atoms with Gasteiger partial charge in [-0.05, 0) is 0 Å². The topological polar surface area (TPSA) is 0 Å². The number of rotatable bonds is 11. The fourth-order valence-corrected chi connectivity index (χ4v) is 5.78. The molecule has 0 amide bonds. The third kappa shape index (κ3) is 7.66. The summed E-state index contributed by atoms with van der Waals surface area (Å²) in [6, 6.07) is 0. The number of hydrogen-bond acceptors (Lipinski definition) is 0. The Bertz CT molecular complexity index is 294. The molecule has 0 aliphatic carbocycles. The molecular formula is H26B24. The maximum atomic E-state index is 2.51. The van der Waals surface area contributed by atoms with Crippen molar-refractivity contribution in [1.29, 1.82) is 0 Å². The van der Waals surface area contributed by atoms with Gasteiger partial charge in [-0.2, -0.15) is 0 Å².